The molecule has 1 aromatic carbocycles. The minimum absolute atomic E-state index is 0.0320. The number of hydrogen-bond acceptors (Lipinski definition) is 4. The fraction of sp³-hybridized carbons (Fsp3) is 0.739. The van der Waals surface area contributed by atoms with Crippen molar-refractivity contribution in [1.82, 2.24) is 0 Å². The van der Waals surface area contributed by atoms with Crippen LogP contribution in [0.4, 0.5) is 0 Å². The maximum Gasteiger partial charge on any atom is 0.566 e. The van der Waals surface area contributed by atoms with Gasteiger partial charge in [0.15, 0.2) is 0 Å². The molecule has 162 valence electrons. The van der Waals surface area contributed by atoms with Gasteiger partial charge in [-0.25, -0.2) is 0 Å². The second-order valence-corrected chi connectivity index (χ2v) is 12.6. The number of rotatable bonds is 11. The van der Waals surface area contributed by atoms with Crippen LogP contribution in [-0.4, -0.2) is 27.8 Å². The van der Waals surface area contributed by atoms with Gasteiger partial charge in [-0.3, -0.25) is 0 Å². The van der Waals surface area contributed by atoms with Crippen molar-refractivity contribution in [3.63, 3.8) is 0 Å². The van der Waals surface area contributed by atoms with E-state index in [1.807, 2.05) is 0 Å². The molecular formula is C23H42O3SSi. The topological polar surface area (TPSA) is 27.7 Å². The van der Waals surface area contributed by atoms with Crippen LogP contribution in [-0.2, 0) is 19.7 Å². The van der Waals surface area contributed by atoms with Crippen molar-refractivity contribution < 1.29 is 13.3 Å². The average Bonchev–Trinajstić information content (AvgIpc) is 2.61. The van der Waals surface area contributed by atoms with Crippen LogP contribution in [0, 0.1) is 0 Å². The summed E-state index contributed by atoms with van der Waals surface area (Å²) in [5.74, 6) is 1.71. The SMILES string of the molecule is CCCO[Si](CCCS)(OCCC)Oc1ccc(C(C)(C)C)cc1C(C)(C)C. The van der Waals surface area contributed by atoms with E-state index >= 15 is 0 Å². The molecule has 0 aliphatic rings. The molecule has 0 saturated heterocycles. The van der Waals surface area contributed by atoms with Crippen molar-refractivity contribution in [2.45, 2.75) is 91.5 Å². The summed E-state index contributed by atoms with van der Waals surface area (Å²) in [7, 11) is -2.82. The Hall–Kier alpha value is -0.493. The van der Waals surface area contributed by atoms with Crippen LogP contribution in [0.5, 0.6) is 5.75 Å². The Morgan fingerprint density at radius 1 is 0.893 bits per heavy atom. The minimum Gasteiger partial charge on any atom is -0.500 e. The molecule has 1 aromatic rings. The van der Waals surface area contributed by atoms with Gasteiger partial charge in [-0.05, 0) is 53.0 Å². The minimum atomic E-state index is -2.82. The average molecular weight is 427 g/mol. The molecule has 0 aliphatic heterocycles. The number of benzene rings is 1. The zero-order valence-corrected chi connectivity index (χ0v) is 21.2. The van der Waals surface area contributed by atoms with Crippen molar-refractivity contribution in [2.75, 3.05) is 19.0 Å². The van der Waals surface area contributed by atoms with E-state index in [1.54, 1.807) is 0 Å². The highest BCUT2D eigenvalue weighted by atomic mass is 32.1. The normalized spacial score (nSPS) is 13.0. The lowest BCUT2D eigenvalue weighted by atomic mass is 9.80. The Balaban J connectivity index is 3.38. The van der Waals surface area contributed by atoms with Gasteiger partial charge >= 0.3 is 8.80 Å². The molecule has 0 heterocycles. The van der Waals surface area contributed by atoms with Crippen LogP contribution in [0.3, 0.4) is 0 Å². The summed E-state index contributed by atoms with van der Waals surface area (Å²) >= 11 is 4.41. The third-order valence-electron chi connectivity index (χ3n) is 4.61. The molecule has 3 nitrogen and oxygen atoms in total. The Labute approximate surface area is 180 Å². The molecule has 0 aliphatic carbocycles. The fourth-order valence-corrected chi connectivity index (χ4v) is 6.15. The van der Waals surface area contributed by atoms with Crippen LogP contribution in [0.25, 0.3) is 0 Å². The first kappa shape index (κ1) is 25.5. The Morgan fingerprint density at radius 3 is 1.89 bits per heavy atom. The van der Waals surface area contributed by atoms with Gasteiger partial charge in [-0.15, -0.1) is 0 Å². The van der Waals surface area contributed by atoms with Crippen LogP contribution in [0.1, 0.15) is 85.8 Å². The van der Waals surface area contributed by atoms with Crippen LogP contribution >= 0.6 is 12.6 Å². The van der Waals surface area contributed by atoms with Gasteiger partial charge in [0.1, 0.15) is 5.75 Å². The molecule has 0 radical (unpaired) electrons. The fourth-order valence-electron chi connectivity index (χ4n) is 2.95. The van der Waals surface area contributed by atoms with Crippen LogP contribution in [0.15, 0.2) is 18.2 Å². The third kappa shape index (κ3) is 7.73. The van der Waals surface area contributed by atoms with Crippen molar-refractivity contribution in [1.29, 1.82) is 0 Å². The summed E-state index contributed by atoms with van der Waals surface area (Å²) < 4.78 is 19.3. The van der Waals surface area contributed by atoms with Crippen molar-refractivity contribution >= 4 is 21.4 Å². The predicted octanol–water partition coefficient (Wildman–Crippen LogP) is 6.77. The largest absolute Gasteiger partial charge is 0.566 e. The summed E-state index contributed by atoms with van der Waals surface area (Å²) in [6.07, 6.45) is 2.82. The maximum atomic E-state index is 6.69. The summed E-state index contributed by atoms with van der Waals surface area (Å²) in [5.41, 5.74) is 2.59. The first-order valence-corrected chi connectivity index (χ1v) is 13.3. The van der Waals surface area contributed by atoms with E-state index in [0.29, 0.717) is 13.2 Å². The molecule has 0 aromatic heterocycles. The van der Waals surface area contributed by atoms with Gasteiger partial charge in [0.25, 0.3) is 0 Å². The van der Waals surface area contributed by atoms with E-state index in [0.717, 1.165) is 36.8 Å². The Kier molecular flexibility index (Phi) is 10.1. The van der Waals surface area contributed by atoms with Crippen molar-refractivity contribution in [3.8, 4) is 5.75 Å². The molecule has 1 rings (SSSR count). The molecule has 5 heteroatoms. The highest BCUT2D eigenvalue weighted by Crippen LogP contribution is 2.37. The first-order chi connectivity index (χ1) is 13.0. The zero-order chi connectivity index (χ0) is 21.4. The van der Waals surface area contributed by atoms with E-state index < -0.39 is 8.80 Å². The highest BCUT2D eigenvalue weighted by molar-refractivity contribution is 7.80. The summed E-state index contributed by atoms with van der Waals surface area (Å²) in [5, 5.41) is 0. The van der Waals surface area contributed by atoms with Gasteiger partial charge < -0.3 is 13.3 Å². The second-order valence-electron chi connectivity index (χ2n) is 9.52. The molecular weight excluding hydrogens is 384 g/mol. The molecule has 0 N–H and O–H groups in total. The van der Waals surface area contributed by atoms with Crippen LogP contribution < -0.4 is 4.43 Å². The number of hydrogen-bond donors (Lipinski definition) is 1. The summed E-state index contributed by atoms with van der Waals surface area (Å²) in [6, 6.07) is 7.39. The second kappa shape index (κ2) is 11.0. The van der Waals surface area contributed by atoms with E-state index in [9.17, 15) is 0 Å². The Morgan fingerprint density at radius 2 is 1.46 bits per heavy atom. The van der Waals surface area contributed by atoms with Crippen molar-refractivity contribution in [2.24, 2.45) is 0 Å². The van der Waals surface area contributed by atoms with E-state index in [1.165, 1.54) is 11.1 Å². The van der Waals surface area contributed by atoms with E-state index in [2.05, 4.69) is 86.2 Å². The monoisotopic (exact) mass is 426 g/mol. The van der Waals surface area contributed by atoms with Gasteiger partial charge in [0.2, 0.25) is 0 Å². The molecule has 0 spiro atoms. The molecule has 0 unspecified atom stereocenters. The van der Waals surface area contributed by atoms with Crippen LogP contribution in [0.2, 0.25) is 6.04 Å². The lowest BCUT2D eigenvalue weighted by Gasteiger charge is -2.33. The predicted molar refractivity (Wildman–Crippen MR) is 126 cm³/mol. The Bertz CT molecular complexity index is 569. The molecule has 0 fully saturated rings. The van der Waals surface area contributed by atoms with Gasteiger partial charge in [-0.1, -0.05) is 67.5 Å². The summed E-state index contributed by atoms with van der Waals surface area (Å²) in [4.78, 5) is 0. The van der Waals surface area contributed by atoms with E-state index in [4.69, 9.17) is 13.3 Å². The molecule has 0 atom stereocenters. The molecule has 0 saturated carbocycles. The first-order valence-electron chi connectivity index (χ1n) is 10.7. The lowest BCUT2D eigenvalue weighted by Crippen LogP contribution is -2.49. The molecule has 28 heavy (non-hydrogen) atoms. The molecule has 0 bridgehead atoms. The van der Waals surface area contributed by atoms with E-state index in [-0.39, 0.29) is 10.8 Å². The zero-order valence-electron chi connectivity index (χ0n) is 19.4. The maximum absolute atomic E-state index is 6.69. The highest BCUT2D eigenvalue weighted by Gasteiger charge is 2.44. The number of thiol groups is 1. The molecule has 0 amide bonds. The van der Waals surface area contributed by atoms with Gasteiger partial charge in [-0.2, -0.15) is 12.6 Å². The third-order valence-corrected chi connectivity index (χ3v) is 7.71. The standard InChI is InChI=1S/C23H42O3SSi/c1-9-14-24-28(17-11-16-27,25-15-10-2)26-21-13-12-19(22(3,4)5)18-20(21)23(6,7)8/h12-13,18,27H,9-11,14-17H2,1-8H3. The van der Waals surface area contributed by atoms with Crippen molar-refractivity contribution in [3.05, 3.63) is 29.3 Å². The summed E-state index contributed by atoms with van der Waals surface area (Å²) in [6.45, 7) is 19.0. The van der Waals surface area contributed by atoms with Gasteiger partial charge in [0, 0.05) is 19.3 Å². The quantitative estimate of drug-likeness (QED) is 0.312. The van der Waals surface area contributed by atoms with Gasteiger partial charge in [0.05, 0.1) is 0 Å². The smallest absolute Gasteiger partial charge is 0.500 e. The lowest BCUT2D eigenvalue weighted by molar-refractivity contribution is 0.104.